The first-order valence-electron chi connectivity index (χ1n) is 11.2. The number of ether oxygens (including phenoxy) is 1. The average Bonchev–Trinajstić information content (AvgIpc) is 3.63. The fourth-order valence-electron chi connectivity index (χ4n) is 4.10. The molecule has 0 radical (unpaired) electrons. The van der Waals surface area contributed by atoms with E-state index in [-0.39, 0.29) is 12.0 Å². The number of nitrogens with two attached hydrogens (primary N) is 1. The van der Waals surface area contributed by atoms with Gasteiger partial charge in [0.15, 0.2) is 5.65 Å². The van der Waals surface area contributed by atoms with Crippen LogP contribution in [-0.4, -0.2) is 39.9 Å². The molecule has 1 saturated carbocycles. The Labute approximate surface area is 196 Å². The number of aliphatic imine (C=N–C) groups is 1. The zero-order valence-corrected chi connectivity index (χ0v) is 19.1. The SMILES string of the molecule is Cc1ccc2c(-c3ccc(Cl)cc3F)nc([C@H]3CCO[C@@H](/C(C=NC4CC4)=C/N)C3)nc2n1. The lowest BCUT2D eigenvalue weighted by Crippen LogP contribution is -2.28. The van der Waals surface area contributed by atoms with Gasteiger partial charge in [0, 0.05) is 52.2 Å². The van der Waals surface area contributed by atoms with E-state index in [4.69, 9.17) is 32.0 Å². The zero-order chi connectivity index (χ0) is 22.9. The van der Waals surface area contributed by atoms with Crippen LogP contribution in [0.2, 0.25) is 5.02 Å². The highest BCUT2D eigenvalue weighted by Crippen LogP contribution is 2.35. The minimum Gasteiger partial charge on any atom is -0.404 e. The van der Waals surface area contributed by atoms with Crippen molar-refractivity contribution in [1.82, 2.24) is 15.0 Å². The number of benzene rings is 1. The van der Waals surface area contributed by atoms with Crippen molar-refractivity contribution in [2.75, 3.05) is 6.61 Å². The van der Waals surface area contributed by atoms with Gasteiger partial charge in [-0.05, 0) is 62.9 Å². The van der Waals surface area contributed by atoms with Gasteiger partial charge in [-0.2, -0.15) is 0 Å². The van der Waals surface area contributed by atoms with E-state index in [1.165, 1.54) is 6.07 Å². The Morgan fingerprint density at radius 2 is 2.03 bits per heavy atom. The van der Waals surface area contributed by atoms with Crippen LogP contribution in [0.5, 0.6) is 0 Å². The van der Waals surface area contributed by atoms with Crippen molar-refractivity contribution in [1.29, 1.82) is 0 Å². The third-order valence-electron chi connectivity index (χ3n) is 6.10. The number of pyridine rings is 1. The summed E-state index contributed by atoms with van der Waals surface area (Å²) in [5.74, 6) is 0.228. The van der Waals surface area contributed by atoms with Gasteiger partial charge in [0.05, 0.1) is 17.8 Å². The molecule has 1 aromatic carbocycles. The first-order valence-corrected chi connectivity index (χ1v) is 11.6. The van der Waals surface area contributed by atoms with Crippen LogP contribution in [0.25, 0.3) is 22.3 Å². The second kappa shape index (κ2) is 9.15. The number of rotatable bonds is 5. The molecule has 170 valence electrons. The number of hydrogen-bond donors (Lipinski definition) is 1. The molecule has 2 aromatic heterocycles. The Hall–Kier alpha value is -2.90. The van der Waals surface area contributed by atoms with Gasteiger partial charge in [0.25, 0.3) is 0 Å². The molecule has 2 atom stereocenters. The normalized spacial score (nSPS) is 21.7. The minimum absolute atomic E-state index is 0.0221. The highest BCUT2D eigenvalue weighted by Gasteiger charge is 2.29. The van der Waals surface area contributed by atoms with Crippen molar-refractivity contribution in [2.24, 2.45) is 10.7 Å². The number of hydrogen-bond acceptors (Lipinski definition) is 6. The molecule has 0 bridgehead atoms. The summed E-state index contributed by atoms with van der Waals surface area (Å²) in [6, 6.07) is 8.80. The van der Waals surface area contributed by atoms with Gasteiger partial charge in [0.2, 0.25) is 0 Å². The summed E-state index contributed by atoms with van der Waals surface area (Å²) in [5.41, 5.74) is 9.04. The van der Waals surface area contributed by atoms with Crippen LogP contribution in [0.1, 0.15) is 43.1 Å². The number of aromatic nitrogens is 3. The molecule has 33 heavy (non-hydrogen) atoms. The third kappa shape index (κ3) is 4.75. The lowest BCUT2D eigenvalue weighted by Gasteiger charge is -2.29. The van der Waals surface area contributed by atoms with Crippen molar-refractivity contribution in [2.45, 2.75) is 50.7 Å². The molecular weight excluding hydrogens is 441 g/mol. The van der Waals surface area contributed by atoms with Gasteiger partial charge < -0.3 is 10.5 Å². The molecule has 1 aliphatic carbocycles. The molecule has 2 fully saturated rings. The zero-order valence-electron chi connectivity index (χ0n) is 18.3. The van der Waals surface area contributed by atoms with Crippen LogP contribution in [0.15, 0.2) is 47.1 Å². The van der Waals surface area contributed by atoms with Crippen molar-refractivity contribution < 1.29 is 9.13 Å². The largest absolute Gasteiger partial charge is 0.404 e. The van der Waals surface area contributed by atoms with Gasteiger partial charge in [0.1, 0.15) is 11.6 Å². The monoisotopic (exact) mass is 465 g/mol. The van der Waals surface area contributed by atoms with E-state index in [0.717, 1.165) is 30.5 Å². The Morgan fingerprint density at radius 1 is 1.18 bits per heavy atom. The molecule has 2 N–H and O–H groups in total. The molecule has 2 aliphatic rings. The van der Waals surface area contributed by atoms with Crippen LogP contribution in [0.4, 0.5) is 4.39 Å². The van der Waals surface area contributed by atoms with E-state index >= 15 is 0 Å². The minimum atomic E-state index is -0.427. The molecular formula is C25H25ClFN5O. The molecule has 0 unspecified atom stereocenters. The maximum absolute atomic E-state index is 14.9. The van der Waals surface area contributed by atoms with Crippen LogP contribution in [0, 0.1) is 12.7 Å². The summed E-state index contributed by atoms with van der Waals surface area (Å²) in [7, 11) is 0. The van der Waals surface area contributed by atoms with E-state index in [0.29, 0.717) is 52.2 Å². The number of halogens is 2. The summed E-state index contributed by atoms with van der Waals surface area (Å²) < 4.78 is 20.9. The van der Waals surface area contributed by atoms with Crippen LogP contribution < -0.4 is 5.73 Å². The van der Waals surface area contributed by atoms with E-state index in [1.807, 2.05) is 25.3 Å². The quantitative estimate of drug-likeness (QED) is 0.528. The highest BCUT2D eigenvalue weighted by atomic mass is 35.5. The summed E-state index contributed by atoms with van der Waals surface area (Å²) in [6.07, 6.45) is 6.91. The van der Waals surface area contributed by atoms with Crippen LogP contribution >= 0.6 is 11.6 Å². The first-order chi connectivity index (χ1) is 16.0. The summed E-state index contributed by atoms with van der Waals surface area (Å²) in [4.78, 5) is 18.8. The molecule has 3 heterocycles. The predicted molar refractivity (Wildman–Crippen MR) is 128 cm³/mol. The summed E-state index contributed by atoms with van der Waals surface area (Å²) in [5, 5.41) is 1.04. The van der Waals surface area contributed by atoms with Gasteiger partial charge in [-0.3, -0.25) is 4.99 Å². The fraction of sp³-hybridized carbons (Fsp3) is 0.360. The van der Waals surface area contributed by atoms with Crippen molar-refractivity contribution in [3.8, 4) is 11.3 Å². The molecule has 3 aromatic rings. The standard InChI is InChI=1S/C25H25ClFN5O/c1-14-2-6-20-23(19-7-3-17(26)11-21(19)27)31-24(32-25(20)30-14)15-8-9-33-22(10-15)16(12-28)13-29-18-4-5-18/h2-3,6-7,11-13,15,18,22H,4-5,8-10,28H2,1H3/b16-12+,29-13?/t15-,22+/m0/s1. The maximum atomic E-state index is 14.9. The van der Waals surface area contributed by atoms with E-state index in [2.05, 4.69) is 9.98 Å². The lowest BCUT2D eigenvalue weighted by atomic mass is 9.91. The second-order valence-corrected chi connectivity index (χ2v) is 9.07. The Kier molecular flexibility index (Phi) is 6.08. The Morgan fingerprint density at radius 3 is 2.79 bits per heavy atom. The van der Waals surface area contributed by atoms with Gasteiger partial charge in [-0.25, -0.2) is 19.3 Å². The topological polar surface area (TPSA) is 86.3 Å². The van der Waals surface area contributed by atoms with Crippen molar-refractivity contribution in [3.05, 3.63) is 64.5 Å². The molecule has 8 heteroatoms. The lowest BCUT2D eigenvalue weighted by molar-refractivity contribution is 0.0313. The first kappa shape index (κ1) is 21.9. The smallest absolute Gasteiger partial charge is 0.163 e. The molecule has 0 amide bonds. The predicted octanol–water partition coefficient (Wildman–Crippen LogP) is 5.13. The van der Waals surface area contributed by atoms with Crippen molar-refractivity contribution in [3.63, 3.8) is 0 Å². The second-order valence-electron chi connectivity index (χ2n) is 8.64. The van der Waals surface area contributed by atoms with E-state index in [9.17, 15) is 4.39 Å². The Bertz CT molecular complexity index is 1260. The number of nitrogens with zero attached hydrogens (tertiary/aromatic N) is 4. The molecule has 1 aliphatic heterocycles. The van der Waals surface area contributed by atoms with Crippen LogP contribution in [0.3, 0.4) is 0 Å². The van der Waals surface area contributed by atoms with Gasteiger partial charge in [-0.15, -0.1) is 0 Å². The highest BCUT2D eigenvalue weighted by molar-refractivity contribution is 6.30. The van der Waals surface area contributed by atoms with E-state index in [1.54, 1.807) is 18.3 Å². The summed E-state index contributed by atoms with van der Waals surface area (Å²) in [6.45, 7) is 2.46. The number of aryl methyl sites for hydroxylation is 1. The maximum Gasteiger partial charge on any atom is 0.163 e. The Balaban J connectivity index is 1.53. The molecule has 1 saturated heterocycles. The van der Waals surface area contributed by atoms with Gasteiger partial charge in [-0.1, -0.05) is 11.6 Å². The fourth-order valence-corrected chi connectivity index (χ4v) is 4.26. The average molecular weight is 466 g/mol. The molecule has 0 spiro atoms. The third-order valence-corrected chi connectivity index (χ3v) is 6.33. The van der Waals surface area contributed by atoms with Crippen LogP contribution in [-0.2, 0) is 4.74 Å². The molecule has 6 nitrogen and oxygen atoms in total. The van der Waals surface area contributed by atoms with Gasteiger partial charge >= 0.3 is 0 Å². The number of fused-ring (bicyclic) bond motifs is 1. The molecule has 5 rings (SSSR count). The van der Waals surface area contributed by atoms with E-state index < -0.39 is 5.82 Å². The summed E-state index contributed by atoms with van der Waals surface area (Å²) >= 11 is 5.98. The van der Waals surface area contributed by atoms with Crippen molar-refractivity contribution >= 4 is 28.8 Å².